The van der Waals surface area contributed by atoms with Gasteiger partial charge in [0.05, 0.1) is 11.2 Å². The van der Waals surface area contributed by atoms with Crippen molar-refractivity contribution >= 4 is 35.0 Å². The predicted molar refractivity (Wildman–Crippen MR) is 124 cm³/mol. The summed E-state index contributed by atoms with van der Waals surface area (Å²) >= 11 is 12.1. The smallest absolute Gasteiger partial charge is 0.294 e. The van der Waals surface area contributed by atoms with Gasteiger partial charge in [0.25, 0.3) is 11.8 Å². The van der Waals surface area contributed by atoms with E-state index in [-0.39, 0.29) is 17.6 Å². The van der Waals surface area contributed by atoms with Crippen molar-refractivity contribution in [2.45, 2.75) is 26.3 Å². The molecule has 4 rings (SSSR count). The summed E-state index contributed by atoms with van der Waals surface area (Å²) in [5.74, 6) is -0.265. The summed E-state index contributed by atoms with van der Waals surface area (Å²) in [4.78, 5) is 34.0. The molecule has 0 radical (unpaired) electrons. The molecule has 1 saturated heterocycles. The molecule has 9 heteroatoms. The van der Waals surface area contributed by atoms with Crippen molar-refractivity contribution in [3.05, 3.63) is 75.8 Å². The summed E-state index contributed by atoms with van der Waals surface area (Å²) in [6, 6.07) is 12.4. The van der Waals surface area contributed by atoms with E-state index in [0.29, 0.717) is 35.2 Å². The molecule has 32 heavy (non-hydrogen) atoms. The second-order valence-corrected chi connectivity index (χ2v) is 9.32. The molecule has 0 N–H and O–H groups in total. The molecule has 2 aromatic carbocycles. The van der Waals surface area contributed by atoms with Gasteiger partial charge in [0.1, 0.15) is 6.33 Å². The van der Waals surface area contributed by atoms with Gasteiger partial charge < -0.3 is 9.80 Å². The van der Waals surface area contributed by atoms with Crippen molar-refractivity contribution in [3.63, 3.8) is 0 Å². The number of hydrogen-bond donors (Lipinski definition) is 0. The van der Waals surface area contributed by atoms with Crippen molar-refractivity contribution in [2.75, 3.05) is 19.6 Å². The average molecular weight is 472 g/mol. The van der Waals surface area contributed by atoms with Crippen LogP contribution in [0.3, 0.4) is 0 Å². The lowest BCUT2D eigenvalue weighted by Gasteiger charge is -2.46. The topological polar surface area (TPSA) is 71.3 Å². The van der Waals surface area contributed by atoms with Gasteiger partial charge in [-0.1, -0.05) is 35.3 Å². The SMILES string of the molecule is Cc1ccc(Cl)cc1C(=O)N1CCN(C(=O)c2ncn(-c3cccc(Cl)c3)n2)C(C)(C)C1. The third kappa shape index (κ3) is 4.36. The van der Waals surface area contributed by atoms with Gasteiger partial charge in [0.2, 0.25) is 5.82 Å². The highest BCUT2D eigenvalue weighted by molar-refractivity contribution is 6.31. The number of amides is 2. The Bertz CT molecular complexity index is 1190. The van der Waals surface area contributed by atoms with E-state index in [1.165, 1.54) is 11.0 Å². The van der Waals surface area contributed by atoms with Gasteiger partial charge in [-0.05, 0) is 56.7 Å². The van der Waals surface area contributed by atoms with E-state index in [1.54, 1.807) is 34.1 Å². The van der Waals surface area contributed by atoms with Crippen LogP contribution >= 0.6 is 23.2 Å². The molecule has 1 fully saturated rings. The first-order valence-corrected chi connectivity index (χ1v) is 11.0. The zero-order chi connectivity index (χ0) is 23.0. The molecule has 0 aliphatic carbocycles. The van der Waals surface area contributed by atoms with Gasteiger partial charge in [0, 0.05) is 35.2 Å². The molecule has 3 aromatic rings. The number of nitrogens with zero attached hydrogens (tertiary/aromatic N) is 5. The van der Waals surface area contributed by atoms with E-state index in [0.717, 1.165) is 11.3 Å². The quantitative estimate of drug-likeness (QED) is 0.571. The summed E-state index contributed by atoms with van der Waals surface area (Å²) in [6.45, 7) is 6.93. The molecule has 0 bridgehead atoms. The maximum atomic E-state index is 13.2. The molecule has 0 atom stereocenters. The standard InChI is InChI=1S/C23H23Cl2N5O2/c1-15-7-8-17(25)12-19(15)21(31)28-9-10-29(23(2,3)13-28)22(32)20-26-14-30(27-20)18-6-4-5-16(24)11-18/h4-8,11-12,14H,9-10,13H2,1-3H3. The number of aromatic nitrogens is 3. The fraction of sp³-hybridized carbons (Fsp3) is 0.304. The zero-order valence-electron chi connectivity index (χ0n) is 18.0. The van der Waals surface area contributed by atoms with Crippen LogP contribution in [0.25, 0.3) is 5.69 Å². The third-order valence-corrected chi connectivity index (χ3v) is 6.09. The van der Waals surface area contributed by atoms with Crippen LogP contribution in [0.1, 0.15) is 40.4 Å². The van der Waals surface area contributed by atoms with Gasteiger partial charge >= 0.3 is 0 Å². The van der Waals surface area contributed by atoms with E-state index in [4.69, 9.17) is 23.2 Å². The van der Waals surface area contributed by atoms with Crippen molar-refractivity contribution < 1.29 is 9.59 Å². The van der Waals surface area contributed by atoms with E-state index in [9.17, 15) is 9.59 Å². The molecule has 7 nitrogen and oxygen atoms in total. The highest BCUT2D eigenvalue weighted by Crippen LogP contribution is 2.25. The van der Waals surface area contributed by atoms with Gasteiger partial charge in [-0.15, -0.1) is 5.10 Å². The lowest BCUT2D eigenvalue weighted by molar-refractivity contribution is 0.0160. The largest absolute Gasteiger partial charge is 0.335 e. The van der Waals surface area contributed by atoms with Crippen LogP contribution in [0.15, 0.2) is 48.8 Å². The van der Waals surface area contributed by atoms with Crippen LogP contribution in [0.2, 0.25) is 10.0 Å². The van der Waals surface area contributed by atoms with Gasteiger partial charge in [0.15, 0.2) is 0 Å². The van der Waals surface area contributed by atoms with Crippen molar-refractivity contribution in [1.29, 1.82) is 0 Å². The Labute approximate surface area is 196 Å². The number of carbonyl (C=O) groups is 2. The van der Waals surface area contributed by atoms with E-state index < -0.39 is 5.54 Å². The maximum Gasteiger partial charge on any atom is 0.294 e. The minimum Gasteiger partial charge on any atom is -0.335 e. The first-order valence-electron chi connectivity index (χ1n) is 10.2. The van der Waals surface area contributed by atoms with Gasteiger partial charge in [-0.3, -0.25) is 9.59 Å². The minimum atomic E-state index is -0.598. The Kier molecular flexibility index (Phi) is 5.97. The number of halogens is 2. The second-order valence-electron chi connectivity index (χ2n) is 8.45. The van der Waals surface area contributed by atoms with E-state index in [1.807, 2.05) is 39.0 Å². The van der Waals surface area contributed by atoms with Gasteiger partial charge in [-0.25, -0.2) is 9.67 Å². The highest BCUT2D eigenvalue weighted by Gasteiger charge is 2.40. The lowest BCUT2D eigenvalue weighted by atomic mass is 9.97. The fourth-order valence-corrected chi connectivity index (χ4v) is 4.28. The lowest BCUT2D eigenvalue weighted by Crippen LogP contribution is -2.62. The number of hydrogen-bond acceptors (Lipinski definition) is 4. The highest BCUT2D eigenvalue weighted by atomic mass is 35.5. The molecule has 0 unspecified atom stereocenters. The van der Waals surface area contributed by atoms with Crippen LogP contribution in [-0.2, 0) is 0 Å². The molecule has 2 amide bonds. The number of aryl methyl sites for hydroxylation is 1. The number of carbonyl (C=O) groups excluding carboxylic acids is 2. The van der Waals surface area contributed by atoms with E-state index >= 15 is 0 Å². The number of piperazine rings is 1. The van der Waals surface area contributed by atoms with Crippen molar-refractivity contribution in [1.82, 2.24) is 24.6 Å². The van der Waals surface area contributed by atoms with Crippen LogP contribution in [0.4, 0.5) is 0 Å². The monoisotopic (exact) mass is 471 g/mol. The molecule has 2 heterocycles. The Morgan fingerprint density at radius 2 is 1.75 bits per heavy atom. The Balaban J connectivity index is 1.51. The molecule has 0 spiro atoms. The van der Waals surface area contributed by atoms with Crippen LogP contribution < -0.4 is 0 Å². The summed E-state index contributed by atoms with van der Waals surface area (Å²) in [5, 5.41) is 5.44. The molecule has 1 aliphatic heterocycles. The minimum absolute atomic E-state index is 0.0893. The average Bonchev–Trinajstić information content (AvgIpc) is 3.24. The van der Waals surface area contributed by atoms with Crippen molar-refractivity contribution in [3.8, 4) is 5.69 Å². The van der Waals surface area contributed by atoms with Crippen LogP contribution in [-0.4, -0.2) is 61.6 Å². The third-order valence-electron chi connectivity index (χ3n) is 5.62. The summed E-state index contributed by atoms with van der Waals surface area (Å²) in [5.41, 5.74) is 1.57. The Morgan fingerprint density at radius 1 is 1.00 bits per heavy atom. The molecular weight excluding hydrogens is 449 g/mol. The van der Waals surface area contributed by atoms with E-state index in [2.05, 4.69) is 10.1 Å². The van der Waals surface area contributed by atoms with Crippen LogP contribution in [0, 0.1) is 6.92 Å². The summed E-state index contributed by atoms with van der Waals surface area (Å²) in [7, 11) is 0. The van der Waals surface area contributed by atoms with Crippen LogP contribution in [0.5, 0.6) is 0 Å². The predicted octanol–water partition coefficient (Wildman–Crippen LogP) is 4.26. The summed E-state index contributed by atoms with van der Waals surface area (Å²) in [6.07, 6.45) is 1.49. The summed E-state index contributed by atoms with van der Waals surface area (Å²) < 4.78 is 1.52. The fourth-order valence-electron chi connectivity index (χ4n) is 3.92. The number of rotatable bonds is 3. The molecular formula is C23H23Cl2N5O2. The first kappa shape index (κ1) is 22.3. The molecule has 1 aliphatic rings. The second kappa shape index (κ2) is 8.56. The maximum absolute atomic E-state index is 13.2. The normalized spacial score (nSPS) is 15.7. The molecule has 166 valence electrons. The molecule has 0 saturated carbocycles. The Morgan fingerprint density at radius 3 is 2.47 bits per heavy atom. The Hall–Kier alpha value is -2.90. The zero-order valence-corrected chi connectivity index (χ0v) is 19.6. The van der Waals surface area contributed by atoms with Crippen molar-refractivity contribution in [2.24, 2.45) is 0 Å². The van der Waals surface area contributed by atoms with Gasteiger partial charge in [-0.2, -0.15) is 0 Å². The first-order chi connectivity index (χ1) is 15.2. The number of benzene rings is 2. The molecule has 1 aromatic heterocycles.